The molecular weight excluding hydrogens is 282 g/mol. The van der Waals surface area contributed by atoms with Crippen LogP contribution in [0, 0.1) is 5.92 Å². The van der Waals surface area contributed by atoms with Gasteiger partial charge in [-0.15, -0.1) is 0 Å². The van der Waals surface area contributed by atoms with E-state index in [1.807, 2.05) is 18.2 Å². The Labute approximate surface area is 128 Å². The highest BCUT2D eigenvalue weighted by atomic mass is 16.3. The Morgan fingerprint density at radius 1 is 1.55 bits per heavy atom. The Bertz CT molecular complexity index is 638. The van der Waals surface area contributed by atoms with Crippen LogP contribution in [-0.4, -0.2) is 50.9 Å². The first-order chi connectivity index (χ1) is 10.6. The van der Waals surface area contributed by atoms with Crippen LogP contribution in [0.2, 0.25) is 0 Å². The van der Waals surface area contributed by atoms with Crippen molar-refractivity contribution in [2.24, 2.45) is 5.92 Å². The Balaban J connectivity index is 1.65. The number of aliphatic hydroxyl groups excluding tert-OH is 1. The van der Waals surface area contributed by atoms with Gasteiger partial charge < -0.3 is 15.3 Å². The van der Waals surface area contributed by atoms with Crippen molar-refractivity contribution in [3.63, 3.8) is 0 Å². The lowest BCUT2D eigenvalue weighted by Gasteiger charge is -2.21. The second-order valence-corrected chi connectivity index (χ2v) is 5.59. The zero-order valence-electron chi connectivity index (χ0n) is 12.4. The average molecular weight is 301 g/mol. The summed E-state index contributed by atoms with van der Waals surface area (Å²) >= 11 is 0. The van der Waals surface area contributed by atoms with Crippen molar-refractivity contribution >= 4 is 11.7 Å². The van der Waals surface area contributed by atoms with Crippen molar-refractivity contribution in [3.05, 3.63) is 30.6 Å². The SMILES string of the molecule is CN(CC(O)C1CC1)C(=O)Nc1cn[nH]c1-c1ccccn1. The smallest absolute Gasteiger partial charge is 0.321 e. The van der Waals surface area contributed by atoms with E-state index in [1.165, 1.54) is 4.90 Å². The molecule has 3 N–H and O–H groups in total. The lowest BCUT2D eigenvalue weighted by molar-refractivity contribution is 0.117. The van der Waals surface area contributed by atoms with Crippen LogP contribution >= 0.6 is 0 Å². The van der Waals surface area contributed by atoms with E-state index in [0.717, 1.165) is 12.8 Å². The van der Waals surface area contributed by atoms with E-state index in [1.54, 1.807) is 19.4 Å². The molecule has 1 aliphatic rings. The lowest BCUT2D eigenvalue weighted by atomic mass is 10.2. The minimum Gasteiger partial charge on any atom is -0.391 e. The van der Waals surface area contributed by atoms with Crippen LogP contribution in [0.25, 0.3) is 11.4 Å². The molecule has 2 heterocycles. The van der Waals surface area contributed by atoms with Gasteiger partial charge in [0.2, 0.25) is 0 Å². The molecule has 2 aromatic rings. The van der Waals surface area contributed by atoms with Crippen LogP contribution in [0.1, 0.15) is 12.8 Å². The van der Waals surface area contributed by atoms with Crippen molar-refractivity contribution in [3.8, 4) is 11.4 Å². The maximum atomic E-state index is 12.2. The zero-order valence-corrected chi connectivity index (χ0v) is 12.4. The predicted octanol–water partition coefficient (Wildman–Crippen LogP) is 1.71. The molecule has 7 heteroatoms. The summed E-state index contributed by atoms with van der Waals surface area (Å²) < 4.78 is 0. The molecule has 0 radical (unpaired) electrons. The maximum Gasteiger partial charge on any atom is 0.321 e. The molecule has 22 heavy (non-hydrogen) atoms. The van der Waals surface area contributed by atoms with Gasteiger partial charge in [-0.2, -0.15) is 5.10 Å². The molecule has 116 valence electrons. The van der Waals surface area contributed by atoms with Crippen LogP contribution in [0.5, 0.6) is 0 Å². The van der Waals surface area contributed by atoms with Gasteiger partial charge in [-0.3, -0.25) is 10.1 Å². The number of H-pyrrole nitrogens is 1. The molecule has 3 rings (SSSR count). The number of nitrogens with zero attached hydrogens (tertiary/aromatic N) is 3. The quantitative estimate of drug-likeness (QED) is 0.783. The maximum absolute atomic E-state index is 12.2. The number of hydrogen-bond donors (Lipinski definition) is 3. The molecule has 1 atom stereocenters. The van der Waals surface area contributed by atoms with Crippen LogP contribution in [0.15, 0.2) is 30.6 Å². The van der Waals surface area contributed by atoms with Crippen molar-refractivity contribution in [2.45, 2.75) is 18.9 Å². The number of urea groups is 1. The zero-order chi connectivity index (χ0) is 15.5. The summed E-state index contributed by atoms with van der Waals surface area (Å²) in [7, 11) is 1.67. The number of nitrogens with one attached hydrogen (secondary N) is 2. The minimum atomic E-state index is -0.449. The number of pyridine rings is 1. The summed E-state index contributed by atoms with van der Waals surface area (Å²) in [5, 5.41) is 19.5. The normalized spacial score (nSPS) is 15.4. The number of aromatic nitrogens is 3. The van der Waals surface area contributed by atoms with E-state index in [2.05, 4.69) is 20.5 Å². The van der Waals surface area contributed by atoms with E-state index in [4.69, 9.17) is 0 Å². The lowest BCUT2D eigenvalue weighted by Crippen LogP contribution is -2.38. The van der Waals surface area contributed by atoms with Crippen molar-refractivity contribution in [1.82, 2.24) is 20.1 Å². The molecule has 0 aromatic carbocycles. The number of carbonyl (C=O) groups excluding carboxylic acids is 1. The Morgan fingerprint density at radius 3 is 3.05 bits per heavy atom. The third kappa shape index (κ3) is 3.25. The van der Waals surface area contributed by atoms with Gasteiger partial charge in [0.1, 0.15) is 5.69 Å². The Morgan fingerprint density at radius 2 is 2.36 bits per heavy atom. The first-order valence-electron chi connectivity index (χ1n) is 7.30. The first-order valence-corrected chi connectivity index (χ1v) is 7.30. The molecule has 1 fully saturated rings. The van der Waals surface area contributed by atoms with Crippen molar-refractivity contribution in [2.75, 3.05) is 18.9 Å². The van der Waals surface area contributed by atoms with Gasteiger partial charge in [0.25, 0.3) is 0 Å². The molecule has 7 nitrogen and oxygen atoms in total. The molecule has 0 spiro atoms. The third-order valence-electron chi connectivity index (χ3n) is 3.78. The summed E-state index contributed by atoms with van der Waals surface area (Å²) in [5.41, 5.74) is 1.93. The van der Waals surface area contributed by atoms with E-state index in [0.29, 0.717) is 29.5 Å². The highest BCUT2D eigenvalue weighted by molar-refractivity contribution is 5.92. The molecule has 1 saturated carbocycles. The summed E-state index contributed by atoms with van der Waals surface area (Å²) in [5.74, 6) is 0.341. The van der Waals surface area contributed by atoms with Crippen molar-refractivity contribution < 1.29 is 9.90 Å². The molecule has 2 aromatic heterocycles. The topological polar surface area (TPSA) is 94.1 Å². The molecule has 0 bridgehead atoms. The third-order valence-corrected chi connectivity index (χ3v) is 3.78. The van der Waals surface area contributed by atoms with Gasteiger partial charge in [-0.05, 0) is 30.9 Å². The number of hydrogen-bond acceptors (Lipinski definition) is 4. The minimum absolute atomic E-state index is 0.279. The highest BCUT2D eigenvalue weighted by Gasteiger charge is 2.31. The van der Waals surface area contributed by atoms with Gasteiger partial charge in [0.15, 0.2) is 0 Å². The summed E-state index contributed by atoms with van der Waals surface area (Å²) in [6.07, 6.45) is 4.87. The fourth-order valence-electron chi connectivity index (χ4n) is 2.29. The fraction of sp³-hybridized carbons (Fsp3) is 0.400. The van der Waals surface area contributed by atoms with Crippen LogP contribution in [0.4, 0.5) is 10.5 Å². The van der Waals surface area contributed by atoms with Gasteiger partial charge in [0.05, 0.1) is 23.7 Å². The van der Waals surface area contributed by atoms with E-state index in [-0.39, 0.29) is 6.03 Å². The molecular formula is C15H19N5O2. The Hall–Kier alpha value is -2.41. The second-order valence-electron chi connectivity index (χ2n) is 5.59. The van der Waals surface area contributed by atoms with Crippen LogP contribution in [-0.2, 0) is 0 Å². The average Bonchev–Trinajstić information content (AvgIpc) is 3.28. The number of aromatic amines is 1. The number of carbonyl (C=O) groups is 1. The number of aliphatic hydroxyl groups is 1. The van der Waals surface area contributed by atoms with E-state index in [9.17, 15) is 9.90 Å². The van der Waals surface area contributed by atoms with E-state index < -0.39 is 6.10 Å². The predicted molar refractivity (Wildman–Crippen MR) is 82.2 cm³/mol. The van der Waals surface area contributed by atoms with Crippen molar-refractivity contribution in [1.29, 1.82) is 0 Å². The van der Waals surface area contributed by atoms with E-state index >= 15 is 0 Å². The number of rotatable bonds is 5. The number of likely N-dealkylation sites (N-methyl/N-ethyl adjacent to an activating group) is 1. The molecule has 2 amide bonds. The fourth-order valence-corrected chi connectivity index (χ4v) is 2.29. The second kappa shape index (κ2) is 6.15. The standard InChI is InChI=1S/C15H19N5O2/c1-20(9-13(21)10-5-6-10)15(22)18-12-8-17-19-14(12)11-4-2-3-7-16-11/h2-4,7-8,10,13,21H,5-6,9H2,1H3,(H,17,19)(H,18,22). The molecule has 1 aliphatic carbocycles. The van der Waals surface area contributed by atoms with Gasteiger partial charge in [-0.1, -0.05) is 6.07 Å². The van der Waals surface area contributed by atoms with Gasteiger partial charge >= 0.3 is 6.03 Å². The summed E-state index contributed by atoms with van der Waals surface area (Å²) in [4.78, 5) is 17.9. The molecule has 0 aliphatic heterocycles. The number of anilines is 1. The van der Waals surface area contributed by atoms with Gasteiger partial charge in [-0.25, -0.2) is 4.79 Å². The largest absolute Gasteiger partial charge is 0.391 e. The number of amides is 2. The monoisotopic (exact) mass is 301 g/mol. The van der Waals surface area contributed by atoms with Crippen LogP contribution < -0.4 is 5.32 Å². The Kier molecular flexibility index (Phi) is 4.06. The van der Waals surface area contributed by atoms with Gasteiger partial charge in [0, 0.05) is 19.8 Å². The summed E-state index contributed by atoms with van der Waals surface area (Å²) in [6, 6.07) is 5.25. The summed E-state index contributed by atoms with van der Waals surface area (Å²) in [6.45, 7) is 0.327. The highest BCUT2D eigenvalue weighted by Crippen LogP contribution is 2.32. The van der Waals surface area contributed by atoms with Crippen LogP contribution in [0.3, 0.4) is 0 Å². The molecule has 0 saturated heterocycles. The first kappa shape index (κ1) is 14.5. The molecule has 1 unspecified atom stereocenters.